The number of halogens is 6. The molecule has 0 spiro atoms. The Kier molecular flexibility index (Phi) is 7.83. The fourth-order valence-corrected chi connectivity index (χ4v) is 3.62. The molecule has 2 N–H and O–H groups in total. The van der Waals surface area contributed by atoms with Gasteiger partial charge in [0.25, 0.3) is 5.91 Å². The molecule has 33 heavy (non-hydrogen) atoms. The second kappa shape index (κ2) is 9.70. The lowest BCUT2D eigenvalue weighted by Crippen LogP contribution is -2.44. The van der Waals surface area contributed by atoms with Crippen LogP contribution in [0.2, 0.25) is 0 Å². The number of carbonyl (C=O) groups excluding carboxylic acids is 2. The van der Waals surface area contributed by atoms with Crippen molar-refractivity contribution >= 4 is 21.8 Å². The predicted molar refractivity (Wildman–Crippen MR) is 101 cm³/mol. The molecule has 2 rings (SSSR count). The molecule has 1 aromatic heterocycles. The first-order chi connectivity index (χ1) is 15.0. The summed E-state index contributed by atoms with van der Waals surface area (Å²) >= 11 is 0. The average molecular weight is 506 g/mol. The maximum atomic E-state index is 12.5. The number of rotatable bonds is 8. The normalized spacial score (nSPS) is 18.4. The van der Waals surface area contributed by atoms with Gasteiger partial charge in [0.05, 0.1) is 6.04 Å². The molecular formula is C17H20F6N4O5S. The van der Waals surface area contributed by atoms with Crippen LogP contribution in [0.15, 0.2) is 12.3 Å². The van der Waals surface area contributed by atoms with E-state index in [-0.39, 0.29) is 24.4 Å². The molecule has 2 atom stereocenters. The van der Waals surface area contributed by atoms with Crippen LogP contribution in [0.5, 0.6) is 5.88 Å². The fraction of sp³-hybridized carbons (Fsp3) is 0.588. The maximum Gasteiger partial charge on any atom is 0.511 e. The van der Waals surface area contributed by atoms with Crippen molar-refractivity contribution < 1.29 is 49.1 Å². The lowest BCUT2D eigenvalue weighted by Gasteiger charge is -2.19. The van der Waals surface area contributed by atoms with Crippen LogP contribution in [-0.4, -0.2) is 73.6 Å². The second-order valence-corrected chi connectivity index (χ2v) is 9.01. The van der Waals surface area contributed by atoms with Crippen molar-refractivity contribution in [1.29, 1.82) is 0 Å². The van der Waals surface area contributed by atoms with Gasteiger partial charge in [-0.1, -0.05) is 0 Å². The summed E-state index contributed by atoms with van der Waals surface area (Å²) in [6.45, 7) is 0.432. The average Bonchev–Trinajstić information content (AvgIpc) is 2.98. The summed E-state index contributed by atoms with van der Waals surface area (Å²) in [6, 6.07) is -1.34. The molecule has 1 aromatic rings. The van der Waals surface area contributed by atoms with Crippen molar-refractivity contribution in [2.45, 2.75) is 44.0 Å². The van der Waals surface area contributed by atoms with Crippen molar-refractivity contribution in [2.24, 2.45) is 0 Å². The second-order valence-electron chi connectivity index (χ2n) is 7.31. The topological polar surface area (TPSA) is 118 Å². The Morgan fingerprint density at radius 1 is 1.30 bits per heavy atom. The molecule has 1 fully saturated rings. The number of nitrogens with zero attached hydrogens (tertiary/aromatic N) is 2. The summed E-state index contributed by atoms with van der Waals surface area (Å²) in [5, 5.41) is 2.34. The molecule has 0 aliphatic carbocycles. The van der Waals surface area contributed by atoms with Crippen LogP contribution in [0.3, 0.4) is 0 Å². The van der Waals surface area contributed by atoms with E-state index in [0.717, 1.165) is 13.0 Å². The van der Waals surface area contributed by atoms with Crippen LogP contribution in [0.1, 0.15) is 29.3 Å². The molecule has 0 saturated carbocycles. The van der Waals surface area contributed by atoms with Crippen molar-refractivity contribution in [2.75, 3.05) is 19.7 Å². The van der Waals surface area contributed by atoms with Gasteiger partial charge in [0.2, 0.25) is 11.8 Å². The van der Waals surface area contributed by atoms with Gasteiger partial charge in [-0.15, -0.1) is 0 Å². The third kappa shape index (κ3) is 7.18. The van der Waals surface area contributed by atoms with E-state index in [4.69, 9.17) is 4.74 Å². The van der Waals surface area contributed by atoms with Crippen molar-refractivity contribution in [3.63, 3.8) is 0 Å². The van der Waals surface area contributed by atoms with E-state index >= 15 is 0 Å². The van der Waals surface area contributed by atoms with E-state index in [1.807, 2.05) is 0 Å². The first kappa shape index (κ1) is 26.6. The molecule has 1 saturated heterocycles. The highest BCUT2D eigenvalue weighted by Crippen LogP contribution is 2.23. The monoisotopic (exact) mass is 506 g/mol. The number of likely N-dealkylation sites (tertiary alicyclic amines) is 1. The van der Waals surface area contributed by atoms with Gasteiger partial charge in [-0.05, 0) is 25.8 Å². The van der Waals surface area contributed by atoms with Gasteiger partial charge in [0.15, 0.2) is 0 Å². The highest BCUT2D eigenvalue weighted by atomic mass is 32.2. The number of amides is 2. The number of hydrogen-bond acceptors (Lipinski definition) is 6. The number of aryl methyl sites for hydroxylation is 1. The molecule has 0 bridgehead atoms. The van der Waals surface area contributed by atoms with Gasteiger partial charge in [0, 0.05) is 24.4 Å². The van der Waals surface area contributed by atoms with Crippen molar-refractivity contribution in [3.05, 3.63) is 23.4 Å². The van der Waals surface area contributed by atoms with E-state index in [0.29, 0.717) is 10.5 Å². The summed E-state index contributed by atoms with van der Waals surface area (Å²) in [6.07, 6.45) is -3.40. The van der Waals surface area contributed by atoms with Crippen LogP contribution < -0.4 is 14.8 Å². The minimum Gasteiger partial charge on any atom is -0.476 e. The van der Waals surface area contributed by atoms with E-state index in [1.54, 1.807) is 0 Å². The number of hydrogen-bond donors (Lipinski definition) is 2. The number of alkyl halides is 6. The van der Waals surface area contributed by atoms with Gasteiger partial charge < -0.3 is 15.0 Å². The minimum absolute atomic E-state index is 0.0228. The van der Waals surface area contributed by atoms with Gasteiger partial charge in [-0.25, -0.2) is 18.1 Å². The molecule has 2 heterocycles. The van der Waals surface area contributed by atoms with Gasteiger partial charge in [-0.3, -0.25) is 9.59 Å². The van der Waals surface area contributed by atoms with E-state index in [2.05, 4.69) is 10.3 Å². The van der Waals surface area contributed by atoms with Crippen LogP contribution in [0.4, 0.5) is 26.3 Å². The molecule has 0 aromatic carbocycles. The lowest BCUT2D eigenvalue weighted by atomic mass is 10.1. The first-order valence-electron chi connectivity index (χ1n) is 9.34. The van der Waals surface area contributed by atoms with Gasteiger partial charge in [0.1, 0.15) is 19.2 Å². The van der Waals surface area contributed by atoms with E-state index in [1.165, 1.54) is 17.8 Å². The largest absolute Gasteiger partial charge is 0.511 e. The number of pyridine rings is 1. The number of nitrogens with one attached hydrogen (secondary N) is 2. The number of carbonyl (C=O) groups is 2. The van der Waals surface area contributed by atoms with E-state index < -0.39 is 58.8 Å². The third-order valence-electron chi connectivity index (χ3n) is 4.44. The zero-order chi connectivity index (χ0) is 25.2. The zero-order valence-electron chi connectivity index (χ0n) is 17.2. The molecule has 0 radical (unpaired) electrons. The Balaban J connectivity index is 2.01. The van der Waals surface area contributed by atoms with Crippen molar-refractivity contribution in [1.82, 2.24) is 19.9 Å². The number of ether oxygens (including phenoxy) is 1. The molecular weight excluding hydrogens is 486 g/mol. The standard InChI is InChI=1S/C17H20F6N4O5S/c1-9-6-24-13(32-7-10(2)26-33(30,31)17(21,22)23)5-11(9)14(28)25-12-3-4-27(15(12)29)8-16(18,19)20/h5-6,10,12,26H,3-4,7-8H2,1-2H3,(H,25,28)/t10-,12?/m0/s1. The number of sulfonamides is 1. The Morgan fingerprint density at radius 3 is 2.52 bits per heavy atom. The van der Waals surface area contributed by atoms with Gasteiger partial charge >= 0.3 is 21.7 Å². The Labute approximate surface area is 184 Å². The third-order valence-corrected chi connectivity index (χ3v) is 5.76. The maximum absolute atomic E-state index is 12.5. The SMILES string of the molecule is Cc1cnc(OC[C@H](C)NS(=O)(=O)C(F)(F)F)cc1C(=O)NC1CCN(CC(F)(F)F)C1=O. The Morgan fingerprint density at radius 2 is 1.94 bits per heavy atom. The summed E-state index contributed by atoms with van der Waals surface area (Å²) in [4.78, 5) is 29.1. The number of aromatic nitrogens is 1. The summed E-state index contributed by atoms with van der Waals surface area (Å²) < 4.78 is 104. The lowest BCUT2D eigenvalue weighted by molar-refractivity contribution is -0.157. The summed E-state index contributed by atoms with van der Waals surface area (Å²) in [5.74, 6) is -1.90. The summed E-state index contributed by atoms with van der Waals surface area (Å²) in [7, 11) is -5.59. The van der Waals surface area contributed by atoms with Crippen LogP contribution >= 0.6 is 0 Å². The highest BCUT2D eigenvalue weighted by molar-refractivity contribution is 7.90. The van der Waals surface area contributed by atoms with Crippen LogP contribution in [0.25, 0.3) is 0 Å². The minimum atomic E-state index is -5.59. The van der Waals surface area contributed by atoms with Crippen LogP contribution in [-0.2, 0) is 14.8 Å². The van der Waals surface area contributed by atoms with Crippen molar-refractivity contribution in [3.8, 4) is 5.88 Å². The first-order valence-corrected chi connectivity index (χ1v) is 10.8. The fourth-order valence-electron chi connectivity index (χ4n) is 2.89. The summed E-state index contributed by atoms with van der Waals surface area (Å²) in [5.41, 5.74) is -5.21. The Hall–Kier alpha value is -2.62. The van der Waals surface area contributed by atoms with Crippen LogP contribution in [0, 0.1) is 6.92 Å². The molecule has 9 nitrogen and oxygen atoms in total. The predicted octanol–water partition coefficient (Wildman–Crippen LogP) is 1.49. The highest BCUT2D eigenvalue weighted by Gasteiger charge is 2.46. The van der Waals surface area contributed by atoms with Gasteiger partial charge in [-0.2, -0.15) is 26.3 Å². The quantitative estimate of drug-likeness (QED) is 0.516. The van der Waals surface area contributed by atoms with E-state index in [9.17, 15) is 44.3 Å². The molecule has 1 aliphatic heterocycles. The zero-order valence-corrected chi connectivity index (χ0v) is 18.1. The molecule has 186 valence electrons. The molecule has 1 aliphatic rings. The Bertz CT molecular complexity index is 999. The molecule has 2 amide bonds. The molecule has 16 heteroatoms. The smallest absolute Gasteiger partial charge is 0.476 e. The molecule has 1 unspecified atom stereocenters.